The van der Waals surface area contributed by atoms with Crippen molar-refractivity contribution >= 4 is 11.6 Å². The molecular formula is C21H28O2. The number of ketones is 2. The van der Waals surface area contributed by atoms with E-state index in [-0.39, 0.29) is 17.0 Å². The van der Waals surface area contributed by atoms with Gasteiger partial charge in [0.15, 0.2) is 0 Å². The number of carbonyl (C=O) groups is 2. The third kappa shape index (κ3) is 1.87. The van der Waals surface area contributed by atoms with Crippen LogP contribution >= 0.6 is 0 Å². The molecule has 2 heteroatoms. The molecule has 0 unspecified atom stereocenters. The molecule has 0 radical (unpaired) electrons. The summed E-state index contributed by atoms with van der Waals surface area (Å²) in [5.74, 6) is 1.54. The van der Waals surface area contributed by atoms with Gasteiger partial charge in [0.05, 0.1) is 0 Å². The van der Waals surface area contributed by atoms with Crippen LogP contribution in [0, 0.1) is 28.6 Å². The Morgan fingerprint density at radius 1 is 1.09 bits per heavy atom. The lowest BCUT2D eigenvalue weighted by Crippen LogP contribution is -2.52. The van der Waals surface area contributed by atoms with Crippen LogP contribution in [0.15, 0.2) is 23.3 Å². The van der Waals surface area contributed by atoms with Crippen LogP contribution < -0.4 is 0 Å². The summed E-state index contributed by atoms with van der Waals surface area (Å²) in [7, 11) is 0. The third-order valence-corrected chi connectivity index (χ3v) is 7.94. The number of rotatable bonds is 0. The smallest absolute Gasteiger partial charge is 0.224 e. The molecule has 124 valence electrons. The Kier molecular flexibility index (Phi) is 3.12. The van der Waals surface area contributed by atoms with E-state index in [4.69, 9.17) is 0 Å². The summed E-state index contributed by atoms with van der Waals surface area (Å²) in [5.41, 5.74) is 3.32. The predicted molar refractivity (Wildman–Crippen MR) is 90.9 cm³/mol. The van der Waals surface area contributed by atoms with Gasteiger partial charge in [-0.15, -0.1) is 0 Å². The zero-order valence-corrected chi connectivity index (χ0v) is 14.7. The molecule has 3 saturated carbocycles. The van der Waals surface area contributed by atoms with Gasteiger partial charge in [0.25, 0.3) is 0 Å². The van der Waals surface area contributed by atoms with Gasteiger partial charge < -0.3 is 0 Å². The largest absolute Gasteiger partial charge is 0.290 e. The summed E-state index contributed by atoms with van der Waals surface area (Å²) in [5, 5.41) is 0. The minimum Gasteiger partial charge on any atom is -0.290 e. The molecule has 0 aliphatic heterocycles. The molecular weight excluding hydrogens is 284 g/mol. The Morgan fingerprint density at radius 3 is 2.57 bits per heavy atom. The van der Waals surface area contributed by atoms with Crippen LogP contribution in [-0.4, -0.2) is 11.6 Å². The van der Waals surface area contributed by atoms with E-state index in [1.54, 1.807) is 0 Å². The van der Waals surface area contributed by atoms with Crippen molar-refractivity contribution < 1.29 is 9.59 Å². The fourth-order valence-corrected chi connectivity index (χ4v) is 6.98. The van der Waals surface area contributed by atoms with Gasteiger partial charge in [-0.05, 0) is 67.8 Å². The number of hydrogen-bond acceptors (Lipinski definition) is 2. The molecule has 0 saturated heterocycles. The molecule has 4 rings (SSSR count). The molecule has 0 N–H and O–H groups in total. The van der Waals surface area contributed by atoms with E-state index >= 15 is 0 Å². The number of hydrogen-bond donors (Lipinski definition) is 0. The first kappa shape index (κ1) is 15.4. The highest BCUT2D eigenvalue weighted by molar-refractivity contribution is 6.44. The highest BCUT2D eigenvalue weighted by atomic mass is 16.2. The lowest BCUT2D eigenvalue weighted by atomic mass is 9.46. The van der Waals surface area contributed by atoms with Gasteiger partial charge in [0, 0.05) is 17.4 Å². The zero-order valence-electron chi connectivity index (χ0n) is 14.7. The van der Waals surface area contributed by atoms with Crippen molar-refractivity contribution in [3.05, 3.63) is 23.3 Å². The molecule has 4 aliphatic rings. The number of carbonyl (C=O) groups excluding carboxylic acids is 2. The predicted octanol–water partition coefficient (Wildman–Crippen LogP) is 4.64. The monoisotopic (exact) mass is 312 g/mol. The highest BCUT2D eigenvalue weighted by Crippen LogP contribution is 2.66. The zero-order chi connectivity index (χ0) is 16.6. The molecule has 0 bridgehead atoms. The van der Waals surface area contributed by atoms with Gasteiger partial charge in [-0.3, -0.25) is 9.59 Å². The van der Waals surface area contributed by atoms with Crippen molar-refractivity contribution in [1.82, 2.24) is 0 Å². The Labute approximate surface area is 139 Å². The molecule has 2 nitrogen and oxygen atoms in total. The van der Waals surface area contributed by atoms with Crippen molar-refractivity contribution in [3.63, 3.8) is 0 Å². The average molecular weight is 312 g/mol. The van der Waals surface area contributed by atoms with Crippen molar-refractivity contribution in [1.29, 1.82) is 0 Å². The van der Waals surface area contributed by atoms with Gasteiger partial charge >= 0.3 is 0 Å². The van der Waals surface area contributed by atoms with E-state index in [1.165, 1.54) is 32.1 Å². The maximum absolute atomic E-state index is 12.3. The molecule has 23 heavy (non-hydrogen) atoms. The van der Waals surface area contributed by atoms with E-state index in [0.29, 0.717) is 29.2 Å². The minimum atomic E-state index is -0.265. The molecule has 0 amide bonds. The van der Waals surface area contributed by atoms with Gasteiger partial charge in [-0.1, -0.05) is 32.4 Å². The van der Waals surface area contributed by atoms with Crippen LogP contribution in [0.4, 0.5) is 0 Å². The Hall–Kier alpha value is -1.18. The van der Waals surface area contributed by atoms with Crippen molar-refractivity contribution in [2.45, 2.75) is 65.7 Å². The lowest BCUT2D eigenvalue weighted by molar-refractivity contribution is -0.138. The third-order valence-electron chi connectivity index (χ3n) is 7.94. The van der Waals surface area contributed by atoms with Gasteiger partial charge in [0.2, 0.25) is 11.6 Å². The highest BCUT2D eigenvalue weighted by Gasteiger charge is 2.58. The number of allylic oxidation sites excluding steroid dienone is 2. The Balaban J connectivity index is 1.82. The van der Waals surface area contributed by atoms with Crippen molar-refractivity contribution in [2.24, 2.45) is 28.6 Å². The summed E-state index contributed by atoms with van der Waals surface area (Å²) in [6, 6.07) is 0. The van der Waals surface area contributed by atoms with E-state index in [9.17, 15) is 9.59 Å². The molecule has 3 fully saturated rings. The maximum Gasteiger partial charge on any atom is 0.224 e. The van der Waals surface area contributed by atoms with E-state index in [0.717, 1.165) is 23.5 Å². The summed E-state index contributed by atoms with van der Waals surface area (Å²) in [4.78, 5) is 24.5. The Bertz CT molecular complexity index is 655. The van der Waals surface area contributed by atoms with E-state index in [1.807, 2.05) is 6.92 Å². The second kappa shape index (κ2) is 4.68. The second-order valence-electron chi connectivity index (χ2n) is 9.12. The lowest BCUT2D eigenvalue weighted by Gasteiger charge is -2.58. The van der Waals surface area contributed by atoms with E-state index in [2.05, 4.69) is 20.4 Å². The molecule has 0 aromatic rings. The summed E-state index contributed by atoms with van der Waals surface area (Å²) in [6.45, 7) is 10.9. The first-order chi connectivity index (χ1) is 10.8. The molecule has 5 atom stereocenters. The summed E-state index contributed by atoms with van der Waals surface area (Å²) >= 11 is 0. The fourth-order valence-electron chi connectivity index (χ4n) is 6.98. The molecule has 0 aromatic carbocycles. The second-order valence-corrected chi connectivity index (χ2v) is 9.12. The van der Waals surface area contributed by atoms with Crippen molar-refractivity contribution in [2.75, 3.05) is 0 Å². The number of fused-ring (bicyclic) bond motifs is 5. The molecule has 0 spiro atoms. The summed E-state index contributed by atoms with van der Waals surface area (Å²) in [6.07, 6.45) is 7.99. The standard InChI is InChI=1S/C21H28O2/c1-12-10-14-15-6-5-8-20(15,3)9-7-16(14)21(4)11-17(22)19(23)13(2)18(12)21/h14-16H,1,5-11H2,2-4H3/t14-,15-,16+,20-,21+/m0/s1. The number of Topliss-reactive ketones (excluding diaryl/α,β-unsaturated/α-hetero) is 2. The summed E-state index contributed by atoms with van der Waals surface area (Å²) < 4.78 is 0. The molecule has 4 aliphatic carbocycles. The quantitative estimate of drug-likeness (QED) is 0.610. The average Bonchev–Trinajstić information content (AvgIpc) is 2.86. The van der Waals surface area contributed by atoms with Crippen LogP contribution in [0.25, 0.3) is 0 Å². The van der Waals surface area contributed by atoms with Gasteiger partial charge in [0.1, 0.15) is 0 Å². The van der Waals surface area contributed by atoms with Gasteiger partial charge in [-0.2, -0.15) is 0 Å². The van der Waals surface area contributed by atoms with E-state index < -0.39 is 0 Å². The maximum atomic E-state index is 12.3. The van der Waals surface area contributed by atoms with Crippen LogP contribution in [0.2, 0.25) is 0 Å². The first-order valence-corrected chi connectivity index (χ1v) is 9.25. The fraction of sp³-hybridized carbons (Fsp3) is 0.714. The van der Waals surface area contributed by atoms with Crippen LogP contribution in [-0.2, 0) is 9.59 Å². The normalized spacial score (nSPS) is 46.6. The van der Waals surface area contributed by atoms with Gasteiger partial charge in [-0.25, -0.2) is 0 Å². The van der Waals surface area contributed by atoms with Crippen LogP contribution in [0.3, 0.4) is 0 Å². The van der Waals surface area contributed by atoms with Crippen LogP contribution in [0.1, 0.15) is 65.7 Å². The first-order valence-electron chi connectivity index (χ1n) is 9.25. The minimum absolute atomic E-state index is 0.154. The van der Waals surface area contributed by atoms with Crippen LogP contribution in [0.5, 0.6) is 0 Å². The SMILES string of the molecule is C=C1C[C@@H]2[C@@H](CC[C@]3(C)CCC[C@@H]23)[C@@]2(C)CC(=O)C(=O)C(C)=C12. The Morgan fingerprint density at radius 2 is 1.83 bits per heavy atom. The topological polar surface area (TPSA) is 34.1 Å². The van der Waals surface area contributed by atoms with Crippen molar-refractivity contribution in [3.8, 4) is 0 Å². The molecule has 0 heterocycles. The molecule has 0 aromatic heterocycles.